The minimum absolute atomic E-state index is 0.504. The molecule has 2 rings (SSSR count). The molecular formula is C16H16F3N. The Bertz CT molecular complexity index is 565. The lowest BCUT2D eigenvalue weighted by Gasteiger charge is -2.13. The number of aryl methyl sites for hydroxylation is 2. The molecule has 106 valence electrons. The first-order valence-electron chi connectivity index (χ1n) is 6.34. The Morgan fingerprint density at radius 1 is 0.900 bits per heavy atom. The molecule has 0 aromatic heterocycles. The van der Waals surface area contributed by atoms with Gasteiger partial charge in [0.2, 0.25) is 0 Å². The monoisotopic (exact) mass is 279 g/mol. The number of anilines is 1. The fourth-order valence-electron chi connectivity index (χ4n) is 2.10. The molecule has 0 aliphatic rings. The van der Waals surface area contributed by atoms with Crippen molar-refractivity contribution < 1.29 is 13.2 Å². The molecule has 0 atom stereocenters. The van der Waals surface area contributed by atoms with Crippen molar-refractivity contribution in [1.29, 1.82) is 0 Å². The minimum atomic E-state index is -4.28. The average molecular weight is 279 g/mol. The Balaban J connectivity index is 2.08. The summed E-state index contributed by atoms with van der Waals surface area (Å²) < 4.78 is 37.4. The van der Waals surface area contributed by atoms with Crippen molar-refractivity contribution in [1.82, 2.24) is 0 Å². The van der Waals surface area contributed by atoms with Crippen LogP contribution in [-0.4, -0.2) is 0 Å². The zero-order valence-electron chi connectivity index (χ0n) is 11.4. The molecule has 0 saturated carbocycles. The topological polar surface area (TPSA) is 12.0 Å². The molecule has 2 aromatic rings. The van der Waals surface area contributed by atoms with E-state index in [1.807, 2.05) is 32.0 Å². The van der Waals surface area contributed by atoms with Gasteiger partial charge >= 0.3 is 6.18 Å². The number of hydrogen-bond acceptors (Lipinski definition) is 1. The summed E-state index contributed by atoms with van der Waals surface area (Å²) in [6, 6.07) is 11.2. The van der Waals surface area contributed by atoms with E-state index in [0.717, 1.165) is 34.5 Å². The molecule has 4 heteroatoms. The molecule has 0 fully saturated rings. The lowest BCUT2D eigenvalue weighted by Crippen LogP contribution is -2.06. The molecule has 2 aromatic carbocycles. The molecule has 0 heterocycles. The largest absolute Gasteiger partial charge is 0.416 e. The van der Waals surface area contributed by atoms with Crippen molar-refractivity contribution in [3.63, 3.8) is 0 Å². The molecule has 0 bridgehead atoms. The third-order valence-corrected chi connectivity index (χ3v) is 3.23. The van der Waals surface area contributed by atoms with E-state index in [4.69, 9.17) is 0 Å². The highest BCUT2D eigenvalue weighted by molar-refractivity contribution is 5.56. The third-order valence-electron chi connectivity index (χ3n) is 3.23. The SMILES string of the molecule is Cc1cccc(C)c1NCc1ccc(C(F)(F)F)cc1. The first kappa shape index (κ1) is 14.4. The van der Waals surface area contributed by atoms with Crippen LogP contribution < -0.4 is 5.32 Å². The van der Waals surface area contributed by atoms with E-state index in [1.54, 1.807) is 0 Å². The lowest BCUT2D eigenvalue weighted by atomic mass is 10.1. The van der Waals surface area contributed by atoms with Gasteiger partial charge in [0, 0.05) is 12.2 Å². The molecular weight excluding hydrogens is 263 g/mol. The first-order valence-corrected chi connectivity index (χ1v) is 6.34. The first-order chi connectivity index (χ1) is 9.38. The summed E-state index contributed by atoms with van der Waals surface area (Å²) in [5.41, 5.74) is 3.48. The van der Waals surface area contributed by atoms with E-state index in [-0.39, 0.29) is 0 Å². The number of rotatable bonds is 3. The highest BCUT2D eigenvalue weighted by Crippen LogP contribution is 2.29. The number of para-hydroxylation sites is 1. The van der Waals surface area contributed by atoms with E-state index < -0.39 is 11.7 Å². The Morgan fingerprint density at radius 2 is 1.45 bits per heavy atom. The van der Waals surface area contributed by atoms with Crippen molar-refractivity contribution >= 4 is 5.69 Å². The molecule has 0 spiro atoms. The van der Waals surface area contributed by atoms with Crippen LogP contribution in [0, 0.1) is 13.8 Å². The average Bonchev–Trinajstić information content (AvgIpc) is 2.37. The van der Waals surface area contributed by atoms with Crippen LogP contribution in [0.25, 0.3) is 0 Å². The third kappa shape index (κ3) is 3.32. The van der Waals surface area contributed by atoms with E-state index in [1.165, 1.54) is 12.1 Å². The number of halogens is 3. The van der Waals surface area contributed by atoms with E-state index in [0.29, 0.717) is 6.54 Å². The second kappa shape index (κ2) is 5.57. The van der Waals surface area contributed by atoms with Gasteiger partial charge in [-0.25, -0.2) is 0 Å². The van der Waals surface area contributed by atoms with Crippen LogP contribution in [0.4, 0.5) is 18.9 Å². The van der Waals surface area contributed by atoms with Crippen molar-refractivity contribution in [2.45, 2.75) is 26.6 Å². The second-order valence-electron chi connectivity index (χ2n) is 4.82. The van der Waals surface area contributed by atoms with Gasteiger partial charge in [-0.3, -0.25) is 0 Å². The maximum atomic E-state index is 12.5. The van der Waals surface area contributed by atoms with Gasteiger partial charge in [0.15, 0.2) is 0 Å². The van der Waals surface area contributed by atoms with Gasteiger partial charge in [-0.1, -0.05) is 30.3 Å². The maximum absolute atomic E-state index is 12.5. The summed E-state index contributed by atoms with van der Waals surface area (Å²) >= 11 is 0. The van der Waals surface area contributed by atoms with Gasteiger partial charge in [-0.15, -0.1) is 0 Å². The van der Waals surface area contributed by atoms with Crippen LogP contribution in [0.3, 0.4) is 0 Å². The van der Waals surface area contributed by atoms with E-state index in [9.17, 15) is 13.2 Å². The van der Waals surface area contributed by atoms with Crippen LogP contribution >= 0.6 is 0 Å². The second-order valence-corrected chi connectivity index (χ2v) is 4.82. The van der Waals surface area contributed by atoms with Gasteiger partial charge in [-0.05, 0) is 42.7 Å². The van der Waals surface area contributed by atoms with Gasteiger partial charge < -0.3 is 5.32 Å². The summed E-state index contributed by atoms with van der Waals surface area (Å²) in [6.45, 7) is 4.51. The Kier molecular flexibility index (Phi) is 4.02. The summed E-state index contributed by atoms with van der Waals surface area (Å²) in [5.74, 6) is 0. The molecule has 0 amide bonds. The Labute approximate surface area is 116 Å². The standard InChI is InChI=1S/C16H16F3N/c1-11-4-3-5-12(2)15(11)20-10-13-6-8-14(9-7-13)16(17,18)19/h3-9,20H,10H2,1-2H3. The number of hydrogen-bond donors (Lipinski definition) is 1. The number of benzene rings is 2. The zero-order chi connectivity index (χ0) is 14.8. The van der Waals surface area contributed by atoms with Crippen molar-refractivity contribution in [3.05, 3.63) is 64.7 Å². The van der Waals surface area contributed by atoms with Gasteiger partial charge in [0.1, 0.15) is 0 Å². The van der Waals surface area contributed by atoms with Crippen LogP contribution in [0.15, 0.2) is 42.5 Å². The normalized spacial score (nSPS) is 11.4. The predicted molar refractivity (Wildman–Crippen MR) is 74.7 cm³/mol. The Hall–Kier alpha value is -1.97. The molecule has 1 N–H and O–H groups in total. The quantitative estimate of drug-likeness (QED) is 0.839. The molecule has 0 aliphatic carbocycles. The summed E-state index contributed by atoms with van der Waals surface area (Å²) in [4.78, 5) is 0. The van der Waals surface area contributed by atoms with Gasteiger partial charge in [-0.2, -0.15) is 13.2 Å². The fraction of sp³-hybridized carbons (Fsp3) is 0.250. The number of nitrogens with one attached hydrogen (secondary N) is 1. The highest BCUT2D eigenvalue weighted by Gasteiger charge is 2.29. The molecule has 0 aliphatic heterocycles. The molecule has 0 unspecified atom stereocenters. The van der Waals surface area contributed by atoms with E-state index in [2.05, 4.69) is 5.32 Å². The zero-order valence-corrected chi connectivity index (χ0v) is 11.4. The highest BCUT2D eigenvalue weighted by atomic mass is 19.4. The van der Waals surface area contributed by atoms with Crippen LogP contribution in [0.2, 0.25) is 0 Å². The van der Waals surface area contributed by atoms with Crippen LogP contribution in [0.5, 0.6) is 0 Å². The smallest absolute Gasteiger partial charge is 0.381 e. The molecule has 1 nitrogen and oxygen atoms in total. The van der Waals surface area contributed by atoms with Crippen molar-refractivity contribution in [2.75, 3.05) is 5.32 Å². The lowest BCUT2D eigenvalue weighted by molar-refractivity contribution is -0.137. The van der Waals surface area contributed by atoms with Gasteiger partial charge in [0.25, 0.3) is 0 Å². The van der Waals surface area contributed by atoms with Crippen LogP contribution in [-0.2, 0) is 12.7 Å². The molecule has 20 heavy (non-hydrogen) atoms. The molecule has 0 radical (unpaired) electrons. The summed E-state index contributed by atoms with van der Waals surface area (Å²) in [7, 11) is 0. The fourth-order valence-corrected chi connectivity index (χ4v) is 2.10. The number of alkyl halides is 3. The van der Waals surface area contributed by atoms with Crippen molar-refractivity contribution in [2.24, 2.45) is 0 Å². The Morgan fingerprint density at radius 3 is 1.95 bits per heavy atom. The van der Waals surface area contributed by atoms with Crippen LogP contribution in [0.1, 0.15) is 22.3 Å². The van der Waals surface area contributed by atoms with Crippen molar-refractivity contribution in [3.8, 4) is 0 Å². The summed E-state index contributed by atoms with van der Waals surface area (Å²) in [5, 5.41) is 3.27. The van der Waals surface area contributed by atoms with Gasteiger partial charge in [0.05, 0.1) is 5.56 Å². The molecule has 0 saturated heterocycles. The maximum Gasteiger partial charge on any atom is 0.416 e. The predicted octanol–water partition coefficient (Wildman–Crippen LogP) is 4.93. The van der Waals surface area contributed by atoms with E-state index >= 15 is 0 Å². The minimum Gasteiger partial charge on any atom is -0.381 e. The summed E-state index contributed by atoms with van der Waals surface area (Å²) in [6.07, 6.45) is -4.28.